The lowest BCUT2D eigenvalue weighted by Gasteiger charge is -2.19. The minimum absolute atomic E-state index is 0.195. The maximum Gasteiger partial charge on any atom is 0.329 e. The van der Waals surface area contributed by atoms with Crippen molar-refractivity contribution in [3.8, 4) is 0 Å². The number of thioether (sulfide) groups is 1. The molecule has 2 fully saturated rings. The van der Waals surface area contributed by atoms with Gasteiger partial charge in [0.25, 0.3) is 11.1 Å². The highest BCUT2D eigenvalue weighted by Crippen LogP contribution is 2.34. The van der Waals surface area contributed by atoms with Gasteiger partial charge in [-0.1, -0.05) is 0 Å². The smallest absolute Gasteiger partial charge is 0.329 e. The van der Waals surface area contributed by atoms with Gasteiger partial charge in [0.2, 0.25) is 0 Å². The second-order valence-electron chi connectivity index (χ2n) is 5.85. The molecule has 0 unspecified atom stereocenters. The van der Waals surface area contributed by atoms with Crippen LogP contribution in [-0.2, 0) is 14.3 Å². The van der Waals surface area contributed by atoms with Gasteiger partial charge in [0.05, 0.1) is 11.5 Å². The molecule has 0 N–H and O–H groups in total. The molecule has 0 bridgehead atoms. The first-order chi connectivity index (χ1) is 12.0. The third-order valence-corrected chi connectivity index (χ3v) is 5.03. The van der Waals surface area contributed by atoms with E-state index in [1.165, 1.54) is 6.92 Å². The molecule has 2 saturated heterocycles. The molecule has 2 aliphatic rings. The van der Waals surface area contributed by atoms with Gasteiger partial charge in [0.15, 0.2) is 5.88 Å². The van der Waals surface area contributed by atoms with Crippen LogP contribution >= 0.6 is 11.8 Å². The molecule has 0 aromatic carbocycles. The minimum Gasteiger partial charge on any atom is -0.464 e. The van der Waals surface area contributed by atoms with Crippen LogP contribution in [0.1, 0.15) is 32.4 Å². The minimum atomic E-state index is -0.949. The molecule has 8 heteroatoms. The number of anilines is 1. The van der Waals surface area contributed by atoms with E-state index in [4.69, 9.17) is 9.15 Å². The highest BCUT2D eigenvalue weighted by atomic mass is 32.2. The number of ether oxygens (including phenoxy) is 1. The molecule has 0 saturated carbocycles. The number of carbonyl (C=O) groups is 3. The molecule has 0 spiro atoms. The quantitative estimate of drug-likeness (QED) is 0.587. The molecular weight excluding hydrogens is 344 g/mol. The van der Waals surface area contributed by atoms with Crippen LogP contribution in [0.2, 0.25) is 0 Å². The number of furan rings is 1. The van der Waals surface area contributed by atoms with E-state index in [1.54, 1.807) is 19.1 Å². The number of amides is 2. The Balaban J connectivity index is 1.75. The maximum absolute atomic E-state index is 12.5. The number of carbonyl (C=O) groups excluding carboxylic acids is 3. The van der Waals surface area contributed by atoms with E-state index in [0.29, 0.717) is 5.76 Å². The van der Waals surface area contributed by atoms with Crippen molar-refractivity contribution in [2.24, 2.45) is 0 Å². The van der Waals surface area contributed by atoms with Gasteiger partial charge in [-0.2, -0.15) is 0 Å². The van der Waals surface area contributed by atoms with E-state index in [-0.39, 0.29) is 11.5 Å². The summed E-state index contributed by atoms with van der Waals surface area (Å²) in [5.74, 6) is 0.175. The lowest BCUT2D eigenvalue weighted by molar-refractivity contribution is -0.150. The molecule has 0 radical (unpaired) electrons. The Morgan fingerprint density at radius 3 is 2.76 bits per heavy atom. The van der Waals surface area contributed by atoms with Crippen LogP contribution in [0, 0.1) is 0 Å². The van der Waals surface area contributed by atoms with Gasteiger partial charge < -0.3 is 14.1 Å². The Morgan fingerprint density at radius 2 is 2.08 bits per heavy atom. The lowest BCUT2D eigenvalue weighted by Crippen LogP contribution is -2.42. The second kappa shape index (κ2) is 7.35. The molecular formula is C17H20N2O5S. The molecule has 0 aliphatic carbocycles. The monoisotopic (exact) mass is 364 g/mol. The number of hydrogen-bond donors (Lipinski definition) is 0. The Hall–Kier alpha value is -2.22. The normalized spacial score (nSPS) is 20.6. The predicted molar refractivity (Wildman–Crippen MR) is 94.1 cm³/mol. The van der Waals surface area contributed by atoms with Crippen molar-refractivity contribution in [3.05, 3.63) is 22.8 Å². The zero-order chi connectivity index (χ0) is 18.0. The standard InChI is InChI=1S/C17H20N2O5S/c1-3-23-16(21)11(2)19-15(20)13(25-17(19)22)10-12-6-7-14(24-12)18-8-4-5-9-18/h6-7,10-11H,3-5,8-9H2,1-2H3/b13-10+/t11-/m1/s1. The molecule has 134 valence electrons. The Labute approximate surface area is 150 Å². The van der Waals surface area contributed by atoms with Gasteiger partial charge in [0, 0.05) is 25.2 Å². The summed E-state index contributed by atoms with van der Waals surface area (Å²) in [6.07, 6.45) is 3.82. The molecule has 1 aromatic heterocycles. The third kappa shape index (κ3) is 3.58. The van der Waals surface area contributed by atoms with Crippen molar-refractivity contribution in [1.82, 2.24) is 4.90 Å². The summed E-state index contributed by atoms with van der Waals surface area (Å²) in [4.78, 5) is 39.7. The topological polar surface area (TPSA) is 80.1 Å². The van der Waals surface area contributed by atoms with Gasteiger partial charge in [-0.05, 0) is 44.5 Å². The Kier molecular flexibility index (Phi) is 5.17. The van der Waals surface area contributed by atoms with Crippen molar-refractivity contribution in [3.63, 3.8) is 0 Å². The number of hydrogen-bond acceptors (Lipinski definition) is 7. The molecule has 7 nitrogen and oxygen atoms in total. The Bertz CT molecular complexity index is 720. The highest BCUT2D eigenvalue weighted by Gasteiger charge is 2.41. The van der Waals surface area contributed by atoms with E-state index in [0.717, 1.165) is 48.5 Å². The van der Waals surface area contributed by atoms with Gasteiger partial charge in [-0.3, -0.25) is 14.5 Å². The predicted octanol–water partition coefficient (Wildman–Crippen LogP) is 2.87. The molecule has 3 rings (SSSR count). The fourth-order valence-corrected chi connectivity index (χ4v) is 3.73. The first kappa shape index (κ1) is 17.6. The molecule has 1 aromatic rings. The zero-order valence-corrected chi connectivity index (χ0v) is 15.0. The fourth-order valence-electron chi connectivity index (χ4n) is 2.84. The van der Waals surface area contributed by atoms with Crippen LogP contribution in [0.25, 0.3) is 6.08 Å². The van der Waals surface area contributed by atoms with E-state index in [9.17, 15) is 14.4 Å². The first-order valence-corrected chi connectivity index (χ1v) is 9.11. The van der Waals surface area contributed by atoms with Crippen molar-refractivity contribution in [2.75, 3.05) is 24.6 Å². The molecule has 2 amide bonds. The summed E-state index contributed by atoms with van der Waals surface area (Å²) in [6, 6.07) is 2.69. The summed E-state index contributed by atoms with van der Waals surface area (Å²) in [5.41, 5.74) is 0. The van der Waals surface area contributed by atoms with Crippen LogP contribution in [0.15, 0.2) is 21.5 Å². The van der Waals surface area contributed by atoms with Gasteiger partial charge >= 0.3 is 5.97 Å². The Morgan fingerprint density at radius 1 is 1.36 bits per heavy atom. The number of imide groups is 1. The average molecular weight is 364 g/mol. The van der Waals surface area contributed by atoms with Crippen molar-refractivity contribution in [2.45, 2.75) is 32.7 Å². The van der Waals surface area contributed by atoms with Crippen LogP contribution in [0.3, 0.4) is 0 Å². The SMILES string of the molecule is CCOC(=O)[C@@H](C)N1C(=O)S/C(=C/c2ccc(N3CCCC3)o2)C1=O. The second-order valence-corrected chi connectivity index (χ2v) is 6.84. The number of nitrogens with zero attached hydrogens (tertiary/aromatic N) is 2. The summed E-state index contributed by atoms with van der Waals surface area (Å²) in [5, 5.41) is -0.483. The fraction of sp³-hybridized carbons (Fsp3) is 0.471. The van der Waals surface area contributed by atoms with Gasteiger partial charge in [-0.15, -0.1) is 0 Å². The van der Waals surface area contributed by atoms with Gasteiger partial charge in [-0.25, -0.2) is 4.79 Å². The zero-order valence-electron chi connectivity index (χ0n) is 14.2. The molecule has 3 heterocycles. The van der Waals surface area contributed by atoms with Crippen LogP contribution in [0.5, 0.6) is 0 Å². The van der Waals surface area contributed by atoms with E-state index < -0.39 is 23.2 Å². The average Bonchev–Trinajstić information content (AvgIpc) is 3.29. The van der Waals surface area contributed by atoms with E-state index >= 15 is 0 Å². The number of esters is 1. The highest BCUT2D eigenvalue weighted by molar-refractivity contribution is 8.18. The molecule has 2 aliphatic heterocycles. The van der Waals surface area contributed by atoms with Crippen LogP contribution in [-0.4, -0.2) is 47.8 Å². The third-order valence-electron chi connectivity index (χ3n) is 4.14. The van der Waals surface area contributed by atoms with Gasteiger partial charge in [0.1, 0.15) is 11.8 Å². The summed E-state index contributed by atoms with van der Waals surface area (Å²) in [6.45, 7) is 5.27. The van der Waals surface area contributed by atoms with Crippen LogP contribution in [0.4, 0.5) is 10.7 Å². The molecule has 1 atom stereocenters. The summed E-state index contributed by atoms with van der Waals surface area (Å²) < 4.78 is 10.6. The first-order valence-electron chi connectivity index (χ1n) is 8.29. The van der Waals surface area contributed by atoms with Crippen molar-refractivity contribution < 1.29 is 23.5 Å². The van der Waals surface area contributed by atoms with E-state index in [1.807, 2.05) is 6.07 Å². The van der Waals surface area contributed by atoms with Crippen molar-refractivity contribution >= 4 is 40.8 Å². The maximum atomic E-state index is 12.5. The van der Waals surface area contributed by atoms with E-state index in [2.05, 4.69) is 4.90 Å². The van der Waals surface area contributed by atoms with Crippen LogP contribution < -0.4 is 4.90 Å². The summed E-state index contributed by atoms with van der Waals surface area (Å²) >= 11 is 0.799. The lowest BCUT2D eigenvalue weighted by atomic mass is 10.3. The summed E-state index contributed by atoms with van der Waals surface area (Å²) in [7, 11) is 0. The van der Waals surface area contributed by atoms with Crippen molar-refractivity contribution in [1.29, 1.82) is 0 Å². The molecule has 25 heavy (non-hydrogen) atoms. The number of rotatable bonds is 5. The largest absolute Gasteiger partial charge is 0.464 e.